The molecule has 22 heavy (non-hydrogen) atoms. The number of nitrogens with zero attached hydrogens (tertiary/aromatic N) is 1. The zero-order chi connectivity index (χ0) is 16.2. The van der Waals surface area contributed by atoms with Crippen LogP contribution in [-0.2, 0) is 4.79 Å². The van der Waals surface area contributed by atoms with E-state index in [-0.39, 0.29) is 17.1 Å². The average Bonchev–Trinajstić information content (AvgIpc) is 2.45. The predicted octanol–water partition coefficient (Wildman–Crippen LogP) is 3.88. The highest BCUT2D eigenvalue weighted by Gasteiger charge is 2.26. The van der Waals surface area contributed by atoms with Gasteiger partial charge in [-0.05, 0) is 42.5 Å². The number of amides is 1. The van der Waals surface area contributed by atoms with E-state index in [0.29, 0.717) is 24.7 Å². The molecule has 1 heterocycles. The molecular weight excluding hydrogens is 281 g/mol. The molecule has 1 aromatic rings. The summed E-state index contributed by atoms with van der Waals surface area (Å²) in [6.07, 6.45) is 2.67. The molecule has 1 aromatic carbocycles. The molecule has 2 rings (SSSR count). The molecule has 0 aromatic heterocycles. The van der Waals surface area contributed by atoms with Crippen molar-refractivity contribution in [3.8, 4) is 5.75 Å². The molecule has 1 atom stereocenters. The van der Waals surface area contributed by atoms with Gasteiger partial charge in [-0.25, -0.2) is 4.39 Å². The summed E-state index contributed by atoms with van der Waals surface area (Å²) in [6.45, 7) is 8.45. The van der Waals surface area contributed by atoms with Gasteiger partial charge < -0.3 is 9.64 Å². The number of carbonyl (C=O) groups is 1. The van der Waals surface area contributed by atoms with Crippen LogP contribution in [0.15, 0.2) is 24.3 Å². The van der Waals surface area contributed by atoms with Gasteiger partial charge in [0.2, 0.25) is 5.91 Å². The summed E-state index contributed by atoms with van der Waals surface area (Å²) in [6, 6.07) is 6.08. The summed E-state index contributed by atoms with van der Waals surface area (Å²) in [5.74, 6) is 1.00. The minimum atomic E-state index is -0.260. The van der Waals surface area contributed by atoms with E-state index in [1.165, 1.54) is 12.1 Å². The topological polar surface area (TPSA) is 29.5 Å². The highest BCUT2D eigenvalue weighted by Crippen LogP contribution is 2.24. The highest BCUT2D eigenvalue weighted by molar-refractivity contribution is 5.76. The van der Waals surface area contributed by atoms with Crippen LogP contribution in [0.4, 0.5) is 4.39 Å². The first-order valence-electron chi connectivity index (χ1n) is 8.00. The lowest BCUT2D eigenvalue weighted by Gasteiger charge is -2.34. The molecule has 1 aliphatic heterocycles. The standard InChI is InChI=1S/C18H26FNO2/c1-18(2,3)11-17(21)20-10-4-5-14(12-20)13-22-16-8-6-15(19)7-9-16/h6-9,14H,4-5,10-13H2,1-3H3. The van der Waals surface area contributed by atoms with Gasteiger partial charge in [-0.15, -0.1) is 0 Å². The summed E-state index contributed by atoms with van der Waals surface area (Å²) < 4.78 is 18.6. The van der Waals surface area contributed by atoms with Crippen LogP contribution in [0.2, 0.25) is 0 Å². The third kappa shape index (κ3) is 5.32. The molecule has 0 spiro atoms. The van der Waals surface area contributed by atoms with Gasteiger partial charge in [0, 0.05) is 25.4 Å². The first kappa shape index (κ1) is 16.8. The lowest BCUT2D eigenvalue weighted by atomic mass is 9.90. The van der Waals surface area contributed by atoms with Crippen molar-refractivity contribution in [1.29, 1.82) is 0 Å². The smallest absolute Gasteiger partial charge is 0.223 e. The molecule has 0 N–H and O–H groups in total. The molecule has 1 saturated heterocycles. The third-order valence-corrected chi connectivity index (χ3v) is 3.85. The maximum atomic E-state index is 12.9. The highest BCUT2D eigenvalue weighted by atomic mass is 19.1. The molecule has 1 unspecified atom stereocenters. The van der Waals surface area contributed by atoms with Crippen molar-refractivity contribution in [2.45, 2.75) is 40.0 Å². The molecule has 4 heteroatoms. The number of piperidine rings is 1. The number of ether oxygens (including phenoxy) is 1. The van der Waals surface area contributed by atoms with Crippen molar-refractivity contribution in [1.82, 2.24) is 4.90 Å². The van der Waals surface area contributed by atoms with E-state index in [4.69, 9.17) is 4.74 Å². The van der Waals surface area contributed by atoms with Gasteiger partial charge in [0.1, 0.15) is 11.6 Å². The van der Waals surface area contributed by atoms with Crippen molar-refractivity contribution in [2.75, 3.05) is 19.7 Å². The first-order chi connectivity index (χ1) is 10.3. The molecule has 0 saturated carbocycles. The number of likely N-dealkylation sites (tertiary alicyclic amines) is 1. The Kier molecular flexibility index (Phi) is 5.43. The maximum Gasteiger partial charge on any atom is 0.223 e. The molecule has 1 amide bonds. The molecule has 3 nitrogen and oxygen atoms in total. The van der Waals surface area contributed by atoms with E-state index < -0.39 is 0 Å². The zero-order valence-corrected chi connectivity index (χ0v) is 13.8. The zero-order valence-electron chi connectivity index (χ0n) is 13.8. The number of carbonyl (C=O) groups excluding carboxylic acids is 1. The Hall–Kier alpha value is -1.58. The number of hydrogen-bond donors (Lipinski definition) is 0. The van der Waals surface area contributed by atoms with Crippen LogP contribution >= 0.6 is 0 Å². The Morgan fingerprint density at radius 3 is 2.64 bits per heavy atom. The fourth-order valence-corrected chi connectivity index (χ4v) is 2.74. The van der Waals surface area contributed by atoms with Crippen LogP contribution in [0, 0.1) is 17.2 Å². The summed E-state index contributed by atoms with van der Waals surface area (Å²) in [4.78, 5) is 14.3. The number of halogens is 1. The Bertz CT molecular complexity index is 493. The molecule has 122 valence electrons. The Morgan fingerprint density at radius 2 is 2.00 bits per heavy atom. The summed E-state index contributed by atoms with van der Waals surface area (Å²) in [5, 5.41) is 0. The van der Waals surface area contributed by atoms with Crippen molar-refractivity contribution in [3.63, 3.8) is 0 Å². The van der Waals surface area contributed by atoms with Crippen LogP contribution in [0.25, 0.3) is 0 Å². The Morgan fingerprint density at radius 1 is 1.32 bits per heavy atom. The second-order valence-corrected chi connectivity index (χ2v) is 7.35. The maximum absolute atomic E-state index is 12.9. The van der Waals surface area contributed by atoms with Gasteiger partial charge in [0.25, 0.3) is 0 Å². The SMILES string of the molecule is CC(C)(C)CC(=O)N1CCCC(COc2ccc(F)cc2)C1. The molecule has 0 bridgehead atoms. The van der Waals surface area contributed by atoms with Crippen molar-refractivity contribution in [2.24, 2.45) is 11.3 Å². The van der Waals surface area contributed by atoms with Crippen molar-refractivity contribution >= 4 is 5.91 Å². The lowest BCUT2D eigenvalue weighted by Crippen LogP contribution is -2.42. The van der Waals surface area contributed by atoms with Crippen molar-refractivity contribution in [3.05, 3.63) is 30.1 Å². The van der Waals surface area contributed by atoms with Gasteiger partial charge in [-0.2, -0.15) is 0 Å². The molecule has 1 aliphatic rings. The van der Waals surface area contributed by atoms with Crippen LogP contribution in [0.3, 0.4) is 0 Å². The van der Waals surface area contributed by atoms with E-state index in [1.54, 1.807) is 12.1 Å². The monoisotopic (exact) mass is 307 g/mol. The van der Waals surface area contributed by atoms with Gasteiger partial charge in [-0.3, -0.25) is 4.79 Å². The minimum absolute atomic E-state index is 0.0225. The van der Waals surface area contributed by atoms with Crippen LogP contribution in [0.1, 0.15) is 40.0 Å². The van der Waals surface area contributed by atoms with E-state index in [9.17, 15) is 9.18 Å². The second kappa shape index (κ2) is 7.12. The largest absolute Gasteiger partial charge is 0.493 e. The van der Waals surface area contributed by atoms with Gasteiger partial charge >= 0.3 is 0 Å². The Labute approximate surface area is 132 Å². The fourth-order valence-electron chi connectivity index (χ4n) is 2.74. The predicted molar refractivity (Wildman–Crippen MR) is 85.3 cm³/mol. The number of rotatable bonds is 4. The van der Waals surface area contributed by atoms with E-state index in [2.05, 4.69) is 20.8 Å². The number of hydrogen-bond acceptors (Lipinski definition) is 2. The van der Waals surface area contributed by atoms with E-state index in [1.807, 2.05) is 4.90 Å². The average molecular weight is 307 g/mol. The molecular formula is C18H26FNO2. The van der Waals surface area contributed by atoms with Crippen molar-refractivity contribution < 1.29 is 13.9 Å². The quantitative estimate of drug-likeness (QED) is 0.845. The van der Waals surface area contributed by atoms with Gasteiger partial charge in [-0.1, -0.05) is 20.8 Å². The third-order valence-electron chi connectivity index (χ3n) is 3.85. The summed E-state index contributed by atoms with van der Waals surface area (Å²) in [5.41, 5.74) is 0.0225. The van der Waals surface area contributed by atoms with Gasteiger partial charge in [0.05, 0.1) is 6.61 Å². The normalized spacial score (nSPS) is 19.1. The molecule has 0 aliphatic carbocycles. The second-order valence-electron chi connectivity index (χ2n) is 7.35. The van der Waals surface area contributed by atoms with E-state index in [0.717, 1.165) is 25.9 Å². The fraction of sp³-hybridized carbons (Fsp3) is 0.611. The lowest BCUT2D eigenvalue weighted by molar-refractivity contribution is -0.135. The van der Waals surface area contributed by atoms with Crippen LogP contribution < -0.4 is 4.74 Å². The minimum Gasteiger partial charge on any atom is -0.493 e. The van der Waals surface area contributed by atoms with Crippen LogP contribution in [0.5, 0.6) is 5.75 Å². The first-order valence-corrected chi connectivity index (χ1v) is 8.00. The van der Waals surface area contributed by atoms with Gasteiger partial charge in [0.15, 0.2) is 0 Å². The molecule has 1 fully saturated rings. The number of benzene rings is 1. The van der Waals surface area contributed by atoms with E-state index >= 15 is 0 Å². The molecule has 0 radical (unpaired) electrons. The summed E-state index contributed by atoms with van der Waals surface area (Å²) >= 11 is 0. The Balaban J connectivity index is 1.82. The van der Waals surface area contributed by atoms with Crippen LogP contribution in [-0.4, -0.2) is 30.5 Å². The summed E-state index contributed by atoms with van der Waals surface area (Å²) in [7, 11) is 0.